The Kier molecular flexibility index (Phi) is 4.65. The molecular formula is C16H24N2O2. The van der Waals surface area contributed by atoms with Crippen LogP contribution in [0.1, 0.15) is 35.7 Å². The fourth-order valence-electron chi connectivity index (χ4n) is 2.80. The van der Waals surface area contributed by atoms with Gasteiger partial charge < -0.3 is 14.9 Å². The van der Waals surface area contributed by atoms with Gasteiger partial charge in [0.15, 0.2) is 0 Å². The molecule has 0 aromatic heterocycles. The summed E-state index contributed by atoms with van der Waals surface area (Å²) in [4.78, 5) is 16.7. The number of aryl methyl sites for hydroxylation is 1. The van der Waals surface area contributed by atoms with Crippen LogP contribution in [0.5, 0.6) is 5.75 Å². The predicted octanol–water partition coefficient (Wildman–Crippen LogP) is 2.26. The van der Waals surface area contributed by atoms with Crippen LogP contribution in [-0.4, -0.2) is 53.5 Å². The number of aromatic hydroxyl groups is 1. The minimum absolute atomic E-state index is 0.0767. The molecule has 1 N–H and O–H groups in total. The lowest BCUT2D eigenvalue weighted by atomic mass is 10.0. The lowest BCUT2D eigenvalue weighted by molar-refractivity contribution is 0.0644. The number of likely N-dealkylation sites (tertiary alicyclic amines) is 1. The number of benzene rings is 1. The molecule has 0 aliphatic carbocycles. The van der Waals surface area contributed by atoms with E-state index >= 15 is 0 Å². The van der Waals surface area contributed by atoms with Crippen molar-refractivity contribution in [2.75, 3.05) is 26.7 Å². The molecule has 4 nitrogen and oxygen atoms in total. The molecule has 4 heteroatoms. The van der Waals surface area contributed by atoms with Gasteiger partial charge in [-0.3, -0.25) is 4.79 Å². The average molecular weight is 276 g/mol. The number of phenolic OH excluding ortho intramolecular Hbond substituents is 1. The molecule has 2 rings (SSSR count). The summed E-state index contributed by atoms with van der Waals surface area (Å²) in [5, 5.41) is 9.93. The van der Waals surface area contributed by atoms with E-state index in [4.69, 9.17) is 0 Å². The molecule has 1 amide bonds. The zero-order valence-corrected chi connectivity index (χ0v) is 12.6. The smallest absolute Gasteiger partial charge is 0.257 e. The van der Waals surface area contributed by atoms with E-state index < -0.39 is 0 Å². The SMILES string of the molecule is CCN1CCC(N(C)C(=O)c2ccc(C)cc2O)CC1. The molecule has 0 bridgehead atoms. The Morgan fingerprint density at radius 2 is 2.05 bits per heavy atom. The molecule has 1 aliphatic heterocycles. The topological polar surface area (TPSA) is 43.8 Å². The third-order valence-corrected chi connectivity index (χ3v) is 4.26. The summed E-state index contributed by atoms with van der Waals surface area (Å²) in [5.41, 5.74) is 1.36. The van der Waals surface area contributed by atoms with Gasteiger partial charge in [0.1, 0.15) is 5.75 Å². The van der Waals surface area contributed by atoms with E-state index in [0.717, 1.165) is 38.0 Å². The molecule has 20 heavy (non-hydrogen) atoms. The van der Waals surface area contributed by atoms with E-state index in [1.54, 1.807) is 17.0 Å². The van der Waals surface area contributed by atoms with Crippen LogP contribution in [0.4, 0.5) is 0 Å². The molecule has 1 aromatic carbocycles. The third kappa shape index (κ3) is 3.12. The number of hydrogen-bond donors (Lipinski definition) is 1. The van der Waals surface area contributed by atoms with Gasteiger partial charge in [-0.1, -0.05) is 13.0 Å². The predicted molar refractivity (Wildman–Crippen MR) is 80.1 cm³/mol. The number of carbonyl (C=O) groups is 1. The van der Waals surface area contributed by atoms with Crippen LogP contribution in [0.3, 0.4) is 0 Å². The second-order valence-corrected chi connectivity index (χ2v) is 5.60. The fraction of sp³-hybridized carbons (Fsp3) is 0.562. The molecule has 0 saturated carbocycles. The van der Waals surface area contributed by atoms with Gasteiger partial charge in [-0.05, 0) is 44.0 Å². The van der Waals surface area contributed by atoms with Crippen molar-refractivity contribution in [2.45, 2.75) is 32.7 Å². The summed E-state index contributed by atoms with van der Waals surface area (Å²) >= 11 is 0. The molecular weight excluding hydrogens is 252 g/mol. The minimum Gasteiger partial charge on any atom is -0.507 e. The van der Waals surface area contributed by atoms with Crippen molar-refractivity contribution >= 4 is 5.91 Å². The Morgan fingerprint density at radius 3 is 2.60 bits per heavy atom. The molecule has 0 atom stereocenters. The highest BCUT2D eigenvalue weighted by Gasteiger charge is 2.26. The Bertz CT molecular complexity index is 479. The first-order valence-corrected chi connectivity index (χ1v) is 7.32. The first-order chi connectivity index (χ1) is 9.52. The first kappa shape index (κ1) is 14.9. The lowest BCUT2D eigenvalue weighted by Gasteiger charge is -2.36. The van der Waals surface area contributed by atoms with Crippen molar-refractivity contribution in [3.63, 3.8) is 0 Å². The van der Waals surface area contributed by atoms with E-state index in [0.29, 0.717) is 5.56 Å². The van der Waals surface area contributed by atoms with Crippen molar-refractivity contribution in [2.24, 2.45) is 0 Å². The van der Waals surface area contributed by atoms with Gasteiger partial charge in [0.25, 0.3) is 5.91 Å². The molecule has 1 saturated heterocycles. The maximum Gasteiger partial charge on any atom is 0.257 e. The molecule has 0 spiro atoms. The van der Waals surface area contributed by atoms with Crippen molar-refractivity contribution in [1.29, 1.82) is 0 Å². The second kappa shape index (κ2) is 6.27. The Morgan fingerprint density at radius 1 is 1.40 bits per heavy atom. The van der Waals surface area contributed by atoms with Crippen molar-refractivity contribution in [1.82, 2.24) is 9.80 Å². The third-order valence-electron chi connectivity index (χ3n) is 4.26. The van der Waals surface area contributed by atoms with Gasteiger partial charge in [0.05, 0.1) is 5.56 Å². The van der Waals surface area contributed by atoms with Crippen LogP contribution in [0.2, 0.25) is 0 Å². The normalized spacial score (nSPS) is 17.1. The van der Waals surface area contributed by atoms with Crippen molar-refractivity contribution in [3.05, 3.63) is 29.3 Å². The Labute approximate surface area is 121 Å². The number of rotatable bonds is 3. The summed E-state index contributed by atoms with van der Waals surface area (Å²) in [6.07, 6.45) is 2.01. The van der Waals surface area contributed by atoms with E-state index in [9.17, 15) is 9.90 Å². The monoisotopic (exact) mass is 276 g/mol. The molecule has 1 aliphatic rings. The maximum absolute atomic E-state index is 12.5. The Balaban J connectivity index is 2.05. The molecule has 1 fully saturated rings. The van der Waals surface area contributed by atoms with Crippen LogP contribution >= 0.6 is 0 Å². The van der Waals surface area contributed by atoms with Gasteiger partial charge >= 0.3 is 0 Å². The van der Waals surface area contributed by atoms with Crippen LogP contribution in [-0.2, 0) is 0 Å². The minimum atomic E-state index is -0.0857. The summed E-state index contributed by atoms with van der Waals surface area (Å²) in [6.45, 7) is 7.22. The number of amides is 1. The number of piperidine rings is 1. The molecule has 110 valence electrons. The van der Waals surface area contributed by atoms with E-state index in [1.807, 2.05) is 20.0 Å². The van der Waals surface area contributed by atoms with Crippen molar-refractivity contribution < 1.29 is 9.90 Å². The van der Waals surface area contributed by atoms with Gasteiger partial charge in [0.2, 0.25) is 0 Å². The molecule has 1 aromatic rings. The molecule has 1 heterocycles. The van der Waals surface area contributed by atoms with Gasteiger partial charge in [0, 0.05) is 26.2 Å². The largest absolute Gasteiger partial charge is 0.507 e. The van der Waals surface area contributed by atoms with Crippen LogP contribution in [0.15, 0.2) is 18.2 Å². The van der Waals surface area contributed by atoms with Gasteiger partial charge in [-0.15, -0.1) is 0 Å². The maximum atomic E-state index is 12.5. The summed E-state index contributed by atoms with van der Waals surface area (Å²) in [6, 6.07) is 5.48. The Hall–Kier alpha value is -1.55. The standard InChI is InChI=1S/C16H24N2O2/c1-4-18-9-7-13(8-10-18)17(3)16(20)14-6-5-12(2)11-15(14)19/h5-6,11,13,19H,4,7-10H2,1-3H3. The van der Waals surface area contributed by atoms with Crippen LogP contribution in [0, 0.1) is 6.92 Å². The van der Waals surface area contributed by atoms with E-state index in [-0.39, 0.29) is 17.7 Å². The summed E-state index contributed by atoms with van der Waals surface area (Å²) in [7, 11) is 1.84. The van der Waals surface area contributed by atoms with Crippen molar-refractivity contribution in [3.8, 4) is 5.75 Å². The number of phenols is 1. The zero-order chi connectivity index (χ0) is 14.7. The van der Waals surface area contributed by atoms with Gasteiger partial charge in [-0.25, -0.2) is 0 Å². The highest BCUT2D eigenvalue weighted by Crippen LogP contribution is 2.23. The van der Waals surface area contributed by atoms with Crippen LogP contribution in [0.25, 0.3) is 0 Å². The van der Waals surface area contributed by atoms with Gasteiger partial charge in [-0.2, -0.15) is 0 Å². The molecule has 0 radical (unpaired) electrons. The highest BCUT2D eigenvalue weighted by molar-refractivity contribution is 5.96. The summed E-state index contributed by atoms with van der Waals surface area (Å²) < 4.78 is 0. The number of hydrogen-bond acceptors (Lipinski definition) is 3. The number of carbonyl (C=O) groups excluding carboxylic acids is 1. The lowest BCUT2D eigenvalue weighted by Crippen LogP contribution is -2.45. The number of nitrogens with zero attached hydrogens (tertiary/aromatic N) is 2. The summed E-state index contributed by atoms with van der Waals surface area (Å²) in [5.74, 6) is -0.00899. The average Bonchev–Trinajstić information content (AvgIpc) is 2.46. The van der Waals surface area contributed by atoms with Crippen LogP contribution < -0.4 is 0 Å². The molecule has 0 unspecified atom stereocenters. The zero-order valence-electron chi connectivity index (χ0n) is 12.6. The fourth-order valence-corrected chi connectivity index (χ4v) is 2.80. The highest BCUT2D eigenvalue weighted by atomic mass is 16.3. The van der Waals surface area contributed by atoms with E-state index in [1.165, 1.54) is 0 Å². The quantitative estimate of drug-likeness (QED) is 0.921. The second-order valence-electron chi connectivity index (χ2n) is 5.60. The van der Waals surface area contributed by atoms with E-state index in [2.05, 4.69) is 11.8 Å². The first-order valence-electron chi connectivity index (χ1n) is 7.32.